The number of carbonyl (C=O) groups is 1. The second-order valence-corrected chi connectivity index (χ2v) is 5.18. The van der Waals surface area contributed by atoms with Crippen molar-refractivity contribution in [1.29, 1.82) is 0 Å². The number of anilines is 1. The molecule has 1 aromatic carbocycles. The number of hydrogen-bond donors (Lipinski definition) is 2. The third-order valence-electron chi connectivity index (χ3n) is 3.54. The number of primary amides is 1. The number of nitrogens with zero attached hydrogens (tertiary/aromatic N) is 1. The molecule has 1 unspecified atom stereocenters. The van der Waals surface area contributed by atoms with E-state index in [9.17, 15) is 4.79 Å². The summed E-state index contributed by atoms with van der Waals surface area (Å²) in [5, 5.41) is 4.02. The van der Waals surface area contributed by atoms with Gasteiger partial charge in [-0.05, 0) is 31.5 Å². The Morgan fingerprint density at radius 2 is 2.37 bits per heavy atom. The summed E-state index contributed by atoms with van der Waals surface area (Å²) in [6.07, 6.45) is 1.81. The number of rotatable bonds is 5. The fourth-order valence-corrected chi connectivity index (χ4v) is 2.83. The zero-order valence-corrected chi connectivity index (χ0v) is 11.9. The van der Waals surface area contributed by atoms with Crippen LogP contribution in [-0.2, 0) is 11.3 Å². The molecule has 4 nitrogen and oxygen atoms in total. The van der Waals surface area contributed by atoms with E-state index in [1.54, 1.807) is 0 Å². The van der Waals surface area contributed by atoms with Gasteiger partial charge in [0.05, 0.1) is 0 Å². The van der Waals surface area contributed by atoms with Crippen LogP contribution >= 0.6 is 11.6 Å². The summed E-state index contributed by atoms with van der Waals surface area (Å²) in [5.74, 6) is -0.258. The molecule has 1 amide bonds. The van der Waals surface area contributed by atoms with Gasteiger partial charge in [-0.25, -0.2) is 0 Å². The van der Waals surface area contributed by atoms with Crippen LogP contribution in [0.2, 0.25) is 5.02 Å². The predicted molar refractivity (Wildman–Crippen MR) is 78.4 cm³/mol. The van der Waals surface area contributed by atoms with Gasteiger partial charge in [0.1, 0.15) is 6.04 Å². The number of benzene rings is 1. The number of amides is 1. The van der Waals surface area contributed by atoms with Crippen LogP contribution in [0.5, 0.6) is 0 Å². The molecular weight excluding hydrogens is 262 g/mol. The standard InChI is InChI=1S/C14H20ClN3O/c1-2-17-9-10-11(15)5-3-6-12(10)18-8-4-7-13(18)14(16)19/h3,5-6,13,17H,2,4,7-9H2,1H3,(H2,16,19). The highest BCUT2D eigenvalue weighted by Gasteiger charge is 2.30. The molecule has 1 saturated heterocycles. The number of halogens is 1. The van der Waals surface area contributed by atoms with Crippen molar-refractivity contribution in [2.24, 2.45) is 5.73 Å². The first-order valence-electron chi connectivity index (χ1n) is 6.69. The molecule has 104 valence electrons. The topological polar surface area (TPSA) is 58.4 Å². The van der Waals surface area contributed by atoms with Gasteiger partial charge in [0.25, 0.3) is 0 Å². The Kier molecular flexibility index (Phi) is 4.66. The molecule has 0 saturated carbocycles. The van der Waals surface area contributed by atoms with Gasteiger partial charge < -0.3 is 16.0 Å². The van der Waals surface area contributed by atoms with Crippen molar-refractivity contribution in [3.05, 3.63) is 28.8 Å². The Bertz CT molecular complexity index is 464. The monoisotopic (exact) mass is 281 g/mol. The highest BCUT2D eigenvalue weighted by Crippen LogP contribution is 2.32. The summed E-state index contributed by atoms with van der Waals surface area (Å²) >= 11 is 6.29. The van der Waals surface area contributed by atoms with Crippen LogP contribution in [-0.4, -0.2) is 25.0 Å². The average Bonchev–Trinajstić information content (AvgIpc) is 2.86. The predicted octanol–water partition coefficient (Wildman–Crippen LogP) is 1.90. The molecule has 1 aliphatic rings. The molecular formula is C14H20ClN3O. The smallest absolute Gasteiger partial charge is 0.240 e. The lowest BCUT2D eigenvalue weighted by atomic mass is 10.1. The Morgan fingerprint density at radius 3 is 3.05 bits per heavy atom. The maximum absolute atomic E-state index is 11.5. The molecule has 0 radical (unpaired) electrons. The quantitative estimate of drug-likeness (QED) is 0.867. The maximum Gasteiger partial charge on any atom is 0.240 e. The SMILES string of the molecule is CCNCc1c(Cl)cccc1N1CCCC1C(N)=O. The van der Waals surface area contributed by atoms with E-state index >= 15 is 0 Å². The lowest BCUT2D eigenvalue weighted by Crippen LogP contribution is -2.41. The lowest BCUT2D eigenvalue weighted by Gasteiger charge is -2.27. The van der Waals surface area contributed by atoms with Crippen molar-refractivity contribution in [3.63, 3.8) is 0 Å². The highest BCUT2D eigenvalue weighted by molar-refractivity contribution is 6.31. The van der Waals surface area contributed by atoms with Crippen LogP contribution < -0.4 is 16.0 Å². The molecule has 5 heteroatoms. The van der Waals surface area contributed by atoms with Gasteiger partial charge >= 0.3 is 0 Å². The molecule has 0 spiro atoms. The van der Waals surface area contributed by atoms with Gasteiger partial charge in [0.2, 0.25) is 5.91 Å². The van der Waals surface area contributed by atoms with E-state index in [-0.39, 0.29) is 11.9 Å². The minimum absolute atomic E-state index is 0.209. The zero-order chi connectivity index (χ0) is 13.8. The summed E-state index contributed by atoms with van der Waals surface area (Å²) in [6.45, 7) is 4.49. The Labute approximate surface area is 118 Å². The second kappa shape index (κ2) is 6.26. The summed E-state index contributed by atoms with van der Waals surface area (Å²) < 4.78 is 0. The maximum atomic E-state index is 11.5. The number of nitrogens with one attached hydrogen (secondary N) is 1. The van der Waals surface area contributed by atoms with Crippen molar-refractivity contribution >= 4 is 23.2 Å². The van der Waals surface area contributed by atoms with Crippen LogP contribution in [0.1, 0.15) is 25.3 Å². The number of carbonyl (C=O) groups excluding carboxylic acids is 1. The van der Waals surface area contributed by atoms with Crippen LogP contribution in [0.25, 0.3) is 0 Å². The molecule has 1 fully saturated rings. The largest absolute Gasteiger partial charge is 0.368 e. The van der Waals surface area contributed by atoms with Gasteiger partial charge in [-0.1, -0.05) is 24.6 Å². The van der Waals surface area contributed by atoms with E-state index < -0.39 is 0 Å². The fraction of sp³-hybridized carbons (Fsp3) is 0.500. The summed E-state index contributed by atoms with van der Waals surface area (Å²) in [4.78, 5) is 13.6. The van der Waals surface area contributed by atoms with Gasteiger partial charge in [-0.3, -0.25) is 4.79 Å². The van der Waals surface area contributed by atoms with E-state index in [1.807, 2.05) is 18.2 Å². The highest BCUT2D eigenvalue weighted by atomic mass is 35.5. The van der Waals surface area contributed by atoms with Gasteiger partial charge in [0, 0.05) is 29.4 Å². The minimum Gasteiger partial charge on any atom is -0.368 e. The molecule has 2 rings (SSSR count). The molecule has 0 aromatic heterocycles. The van der Waals surface area contributed by atoms with Gasteiger partial charge in [-0.15, -0.1) is 0 Å². The molecule has 1 aliphatic heterocycles. The first-order valence-corrected chi connectivity index (χ1v) is 7.07. The number of nitrogens with two attached hydrogens (primary N) is 1. The van der Waals surface area contributed by atoms with Crippen LogP contribution in [0, 0.1) is 0 Å². The molecule has 0 aliphatic carbocycles. The van der Waals surface area contributed by atoms with Crippen LogP contribution in [0.4, 0.5) is 5.69 Å². The number of hydrogen-bond acceptors (Lipinski definition) is 3. The minimum atomic E-state index is -0.258. The van der Waals surface area contributed by atoms with Crippen molar-refractivity contribution in [2.75, 3.05) is 18.0 Å². The molecule has 0 bridgehead atoms. The second-order valence-electron chi connectivity index (χ2n) is 4.77. The Hall–Kier alpha value is -1.26. The van der Waals surface area contributed by atoms with Gasteiger partial charge in [0.15, 0.2) is 0 Å². The van der Waals surface area contributed by atoms with Crippen molar-refractivity contribution in [2.45, 2.75) is 32.4 Å². The van der Waals surface area contributed by atoms with Gasteiger partial charge in [-0.2, -0.15) is 0 Å². The van der Waals surface area contributed by atoms with Crippen LogP contribution in [0.15, 0.2) is 18.2 Å². The summed E-state index contributed by atoms with van der Waals surface area (Å²) in [6, 6.07) is 5.61. The van der Waals surface area contributed by atoms with Crippen molar-refractivity contribution < 1.29 is 4.79 Å². The lowest BCUT2D eigenvalue weighted by molar-refractivity contribution is -0.119. The molecule has 1 aromatic rings. The van der Waals surface area contributed by atoms with E-state index in [2.05, 4.69) is 17.1 Å². The van der Waals surface area contributed by atoms with E-state index in [0.717, 1.165) is 42.2 Å². The van der Waals surface area contributed by atoms with E-state index in [0.29, 0.717) is 6.54 Å². The van der Waals surface area contributed by atoms with E-state index in [4.69, 9.17) is 17.3 Å². The molecule has 3 N–H and O–H groups in total. The Balaban J connectivity index is 2.32. The van der Waals surface area contributed by atoms with Crippen LogP contribution in [0.3, 0.4) is 0 Å². The first kappa shape index (κ1) is 14.2. The Morgan fingerprint density at radius 1 is 1.58 bits per heavy atom. The zero-order valence-electron chi connectivity index (χ0n) is 11.2. The molecule has 1 atom stereocenters. The first-order chi connectivity index (χ1) is 9.15. The van der Waals surface area contributed by atoms with Crippen molar-refractivity contribution in [3.8, 4) is 0 Å². The molecule has 1 heterocycles. The summed E-state index contributed by atoms with van der Waals surface area (Å²) in [5.41, 5.74) is 7.55. The fourth-order valence-electron chi connectivity index (χ4n) is 2.59. The summed E-state index contributed by atoms with van der Waals surface area (Å²) in [7, 11) is 0. The average molecular weight is 282 g/mol. The van der Waals surface area contributed by atoms with Crippen molar-refractivity contribution in [1.82, 2.24) is 5.32 Å². The normalized spacial score (nSPS) is 18.8. The third-order valence-corrected chi connectivity index (χ3v) is 3.89. The third kappa shape index (κ3) is 3.01. The molecule has 19 heavy (non-hydrogen) atoms. The van der Waals surface area contributed by atoms with E-state index in [1.165, 1.54) is 0 Å².